The predicted molar refractivity (Wildman–Crippen MR) is 64.6 cm³/mol. The maximum atomic E-state index is 11.5. The van der Waals surface area contributed by atoms with Crippen molar-refractivity contribution in [3.05, 3.63) is 30.3 Å². The summed E-state index contributed by atoms with van der Waals surface area (Å²) in [5, 5.41) is 9.12. The van der Waals surface area contributed by atoms with Crippen LogP contribution >= 0.6 is 11.8 Å². The molecule has 0 heterocycles. The number of hydrogen-bond donors (Lipinski definition) is 1. The molecule has 0 radical (unpaired) electrons. The third-order valence-corrected chi connectivity index (χ3v) is 2.80. The summed E-state index contributed by atoms with van der Waals surface area (Å²) in [6, 6.07) is 9.06. The Hall–Kier alpha value is -1.33. The summed E-state index contributed by atoms with van der Waals surface area (Å²) in [4.78, 5) is 23.4. The van der Waals surface area contributed by atoms with E-state index < -0.39 is 12.1 Å². The van der Waals surface area contributed by atoms with Crippen molar-refractivity contribution in [2.75, 3.05) is 6.61 Å². The molecule has 1 aromatic rings. The fraction of sp³-hybridized carbons (Fsp3) is 0.333. The highest BCUT2D eigenvalue weighted by Crippen LogP contribution is 2.20. The lowest BCUT2D eigenvalue weighted by atomic mass is 10.3. The van der Waals surface area contributed by atoms with Gasteiger partial charge in [-0.1, -0.05) is 30.0 Å². The number of carbonyl (C=O) groups excluding carboxylic acids is 2. The number of ether oxygens (including phenoxy) is 1. The number of esters is 1. The molecule has 4 nitrogen and oxygen atoms in total. The molecule has 1 N–H and O–H groups in total. The second-order valence-electron chi connectivity index (χ2n) is 3.26. The fourth-order valence-corrected chi connectivity index (χ4v) is 1.94. The number of rotatable bonds is 5. The third-order valence-electron chi connectivity index (χ3n) is 1.89. The van der Waals surface area contributed by atoms with Gasteiger partial charge >= 0.3 is 5.97 Å². The highest BCUT2D eigenvalue weighted by atomic mass is 32.2. The fourth-order valence-electron chi connectivity index (χ4n) is 1.14. The van der Waals surface area contributed by atoms with E-state index in [9.17, 15) is 14.7 Å². The topological polar surface area (TPSA) is 63.6 Å². The van der Waals surface area contributed by atoms with Crippen LogP contribution in [0, 0.1) is 0 Å². The van der Waals surface area contributed by atoms with E-state index >= 15 is 0 Å². The van der Waals surface area contributed by atoms with Gasteiger partial charge < -0.3 is 9.84 Å². The smallest absolute Gasteiger partial charge is 0.335 e. The van der Waals surface area contributed by atoms with Crippen molar-refractivity contribution in [3.8, 4) is 0 Å². The lowest BCUT2D eigenvalue weighted by molar-refractivity contribution is -0.154. The number of aliphatic hydroxyl groups excluding tert-OH is 1. The Morgan fingerprint density at radius 2 is 2.00 bits per heavy atom. The minimum Gasteiger partial charge on any atom is -0.464 e. The molecule has 1 rings (SSSR count). The van der Waals surface area contributed by atoms with E-state index in [1.54, 1.807) is 19.1 Å². The molecule has 0 aliphatic heterocycles. The number of carbonyl (C=O) groups is 2. The minimum atomic E-state index is -1.38. The maximum absolute atomic E-state index is 11.5. The standard InChI is InChI=1S/C12H14O4S/c1-2-16-12(15)10(13)8-11(14)17-9-6-4-3-5-7-9/h3-7,10,13H,2,8H2,1H3/t10-/m0/s1. The van der Waals surface area contributed by atoms with E-state index in [-0.39, 0.29) is 18.1 Å². The molecule has 0 saturated carbocycles. The Morgan fingerprint density at radius 3 is 2.59 bits per heavy atom. The Balaban J connectivity index is 2.42. The maximum Gasteiger partial charge on any atom is 0.335 e. The van der Waals surface area contributed by atoms with Crippen LogP contribution in [-0.2, 0) is 14.3 Å². The van der Waals surface area contributed by atoms with E-state index in [2.05, 4.69) is 4.74 Å². The molecule has 1 aromatic carbocycles. The molecular formula is C12H14O4S. The molecule has 0 bridgehead atoms. The summed E-state index contributed by atoms with van der Waals surface area (Å²) in [5.41, 5.74) is 0. The zero-order chi connectivity index (χ0) is 12.7. The summed E-state index contributed by atoms with van der Waals surface area (Å²) in [6.45, 7) is 1.83. The van der Waals surface area contributed by atoms with Crippen molar-refractivity contribution in [3.63, 3.8) is 0 Å². The largest absolute Gasteiger partial charge is 0.464 e. The second kappa shape index (κ2) is 7.09. The first-order valence-corrected chi connectivity index (χ1v) is 6.05. The summed E-state index contributed by atoms with van der Waals surface area (Å²) < 4.78 is 4.60. The van der Waals surface area contributed by atoms with Crippen molar-refractivity contribution in [1.82, 2.24) is 0 Å². The first-order chi connectivity index (χ1) is 8.13. The van der Waals surface area contributed by atoms with Crippen molar-refractivity contribution >= 4 is 22.8 Å². The Kier molecular flexibility index (Phi) is 5.72. The van der Waals surface area contributed by atoms with Gasteiger partial charge in [-0.15, -0.1) is 0 Å². The Bertz CT molecular complexity index is 377. The van der Waals surface area contributed by atoms with Gasteiger partial charge in [0.15, 0.2) is 11.2 Å². The minimum absolute atomic E-state index is 0.190. The molecule has 17 heavy (non-hydrogen) atoms. The SMILES string of the molecule is CCOC(=O)[C@@H](O)CC(=O)Sc1ccccc1. The van der Waals surface area contributed by atoms with Gasteiger partial charge in [-0.05, 0) is 19.1 Å². The van der Waals surface area contributed by atoms with Crippen LogP contribution in [0.25, 0.3) is 0 Å². The van der Waals surface area contributed by atoms with Gasteiger partial charge in [0.2, 0.25) is 0 Å². The van der Waals surface area contributed by atoms with Crippen LogP contribution in [0.4, 0.5) is 0 Å². The number of hydrogen-bond acceptors (Lipinski definition) is 5. The van der Waals surface area contributed by atoms with Crippen molar-refractivity contribution in [1.29, 1.82) is 0 Å². The van der Waals surface area contributed by atoms with Crippen molar-refractivity contribution < 1.29 is 19.4 Å². The second-order valence-corrected chi connectivity index (χ2v) is 4.39. The molecule has 0 unspecified atom stereocenters. The zero-order valence-electron chi connectivity index (χ0n) is 9.46. The van der Waals surface area contributed by atoms with Crippen LogP contribution in [0.2, 0.25) is 0 Å². The lowest BCUT2D eigenvalue weighted by Gasteiger charge is -2.08. The van der Waals surface area contributed by atoms with Crippen LogP contribution in [0.3, 0.4) is 0 Å². The van der Waals surface area contributed by atoms with Crippen LogP contribution in [0.15, 0.2) is 35.2 Å². The lowest BCUT2D eigenvalue weighted by Crippen LogP contribution is -2.25. The van der Waals surface area contributed by atoms with Crippen LogP contribution < -0.4 is 0 Å². The molecule has 0 saturated heterocycles. The third kappa shape index (κ3) is 5.01. The molecule has 92 valence electrons. The van der Waals surface area contributed by atoms with Crippen LogP contribution in [0.1, 0.15) is 13.3 Å². The normalized spacial score (nSPS) is 11.9. The van der Waals surface area contributed by atoms with Crippen LogP contribution in [-0.4, -0.2) is 28.9 Å². The first-order valence-electron chi connectivity index (χ1n) is 5.24. The molecule has 0 aromatic heterocycles. The molecule has 1 atom stereocenters. The van der Waals surface area contributed by atoms with E-state index in [1.165, 1.54) is 0 Å². The molecule has 0 aliphatic rings. The van der Waals surface area contributed by atoms with Gasteiger partial charge in [-0.2, -0.15) is 0 Å². The highest BCUT2D eigenvalue weighted by molar-refractivity contribution is 8.13. The summed E-state index contributed by atoms with van der Waals surface area (Å²) in [6.07, 6.45) is -1.61. The monoisotopic (exact) mass is 254 g/mol. The molecule has 0 aliphatic carbocycles. The highest BCUT2D eigenvalue weighted by Gasteiger charge is 2.20. The summed E-state index contributed by atoms with van der Waals surface area (Å²) in [7, 11) is 0. The number of aliphatic hydroxyl groups is 1. The van der Waals surface area contributed by atoms with E-state index in [0.29, 0.717) is 0 Å². The predicted octanol–water partition coefficient (Wildman–Crippen LogP) is 1.62. The van der Waals surface area contributed by atoms with E-state index in [4.69, 9.17) is 0 Å². The van der Waals surface area contributed by atoms with E-state index in [0.717, 1.165) is 16.7 Å². The van der Waals surface area contributed by atoms with E-state index in [1.807, 2.05) is 18.2 Å². The Morgan fingerprint density at radius 1 is 1.35 bits per heavy atom. The van der Waals surface area contributed by atoms with Gasteiger partial charge in [0.25, 0.3) is 0 Å². The van der Waals surface area contributed by atoms with Gasteiger partial charge in [0, 0.05) is 4.90 Å². The van der Waals surface area contributed by atoms with Gasteiger partial charge in [0.05, 0.1) is 13.0 Å². The number of benzene rings is 1. The molecule has 0 amide bonds. The zero-order valence-corrected chi connectivity index (χ0v) is 10.3. The molecular weight excluding hydrogens is 240 g/mol. The van der Waals surface area contributed by atoms with Gasteiger partial charge in [-0.25, -0.2) is 4.79 Å². The molecule has 0 spiro atoms. The molecule has 5 heteroatoms. The quantitative estimate of drug-likeness (QED) is 0.639. The summed E-state index contributed by atoms with van der Waals surface area (Å²) in [5.74, 6) is -0.755. The average molecular weight is 254 g/mol. The van der Waals surface area contributed by atoms with Crippen molar-refractivity contribution in [2.45, 2.75) is 24.3 Å². The van der Waals surface area contributed by atoms with Gasteiger partial charge in [0.1, 0.15) is 0 Å². The molecule has 0 fully saturated rings. The first kappa shape index (κ1) is 13.7. The Labute approximate surface area is 104 Å². The average Bonchev–Trinajstić information content (AvgIpc) is 2.30. The van der Waals surface area contributed by atoms with Crippen molar-refractivity contribution in [2.24, 2.45) is 0 Å². The van der Waals surface area contributed by atoms with Crippen LogP contribution in [0.5, 0.6) is 0 Å². The van der Waals surface area contributed by atoms with Gasteiger partial charge in [-0.3, -0.25) is 4.79 Å². The summed E-state index contributed by atoms with van der Waals surface area (Å²) >= 11 is 1.00. The number of thioether (sulfide) groups is 1.